The number of rotatable bonds is 3. The number of nitrogens with zero attached hydrogens (tertiary/aromatic N) is 1. The van der Waals surface area contributed by atoms with E-state index in [-0.39, 0.29) is 17.5 Å². The summed E-state index contributed by atoms with van der Waals surface area (Å²) in [5, 5.41) is 12.0. The molecule has 1 saturated carbocycles. The molecule has 0 aromatic carbocycles. The van der Waals surface area contributed by atoms with Gasteiger partial charge in [-0.25, -0.2) is 4.98 Å². The predicted octanol–water partition coefficient (Wildman–Crippen LogP) is 0.0173. The normalized spacial score (nSPS) is 23.5. The van der Waals surface area contributed by atoms with Gasteiger partial charge in [0.25, 0.3) is 5.56 Å². The Bertz CT molecular complexity index is 485. The van der Waals surface area contributed by atoms with Gasteiger partial charge >= 0.3 is 5.97 Å². The summed E-state index contributed by atoms with van der Waals surface area (Å²) >= 11 is 0. The second-order valence-corrected chi connectivity index (χ2v) is 4.12. The molecule has 2 atom stereocenters. The molecule has 17 heavy (non-hydrogen) atoms. The van der Waals surface area contributed by atoms with Crippen LogP contribution in [0.5, 0.6) is 0 Å². The van der Waals surface area contributed by atoms with Crippen molar-refractivity contribution in [2.45, 2.75) is 25.3 Å². The van der Waals surface area contributed by atoms with Crippen LogP contribution in [-0.4, -0.2) is 27.1 Å². The summed E-state index contributed by atoms with van der Waals surface area (Å²) in [4.78, 5) is 28.5. The molecule has 1 aromatic heterocycles. The van der Waals surface area contributed by atoms with Crippen molar-refractivity contribution in [2.24, 2.45) is 5.92 Å². The van der Waals surface area contributed by atoms with Crippen LogP contribution in [0.2, 0.25) is 0 Å². The molecule has 1 aliphatic carbocycles. The monoisotopic (exact) mass is 238 g/mol. The van der Waals surface area contributed by atoms with E-state index in [1.165, 1.54) is 6.33 Å². The molecule has 0 aliphatic heterocycles. The van der Waals surface area contributed by atoms with Crippen LogP contribution in [0.4, 0.5) is 11.5 Å². The van der Waals surface area contributed by atoms with E-state index in [1.54, 1.807) is 0 Å². The fourth-order valence-electron chi connectivity index (χ4n) is 2.13. The van der Waals surface area contributed by atoms with E-state index in [1.807, 2.05) is 0 Å². The largest absolute Gasteiger partial charge is 0.481 e. The van der Waals surface area contributed by atoms with Gasteiger partial charge in [-0.2, -0.15) is 0 Å². The molecular formula is C10H14N4O3. The number of nitrogens with two attached hydrogens (primary N) is 1. The Morgan fingerprint density at radius 2 is 2.35 bits per heavy atom. The summed E-state index contributed by atoms with van der Waals surface area (Å²) in [5.41, 5.74) is 5.13. The van der Waals surface area contributed by atoms with E-state index >= 15 is 0 Å². The van der Waals surface area contributed by atoms with Crippen molar-refractivity contribution in [2.75, 3.05) is 11.1 Å². The number of carbonyl (C=O) groups is 1. The van der Waals surface area contributed by atoms with E-state index in [9.17, 15) is 9.59 Å². The van der Waals surface area contributed by atoms with Crippen molar-refractivity contribution in [3.63, 3.8) is 0 Å². The average Bonchev–Trinajstić information content (AvgIpc) is 2.73. The van der Waals surface area contributed by atoms with Crippen molar-refractivity contribution in [1.29, 1.82) is 0 Å². The average molecular weight is 238 g/mol. The quantitative estimate of drug-likeness (QED) is 0.589. The fraction of sp³-hybridized carbons (Fsp3) is 0.500. The summed E-state index contributed by atoms with van der Waals surface area (Å²) in [5.74, 6) is -1.02. The van der Waals surface area contributed by atoms with Crippen LogP contribution in [0, 0.1) is 5.92 Å². The molecule has 1 aromatic rings. The highest BCUT2D eigenvalue weighted by atomic mass is 16.4. The Morgan fingerprint density at radius 3 is 3.06 bits per heavy atom. The Hall–Kier alpha value is -2.05. The van der Waals surface area contributed by atoms with Gasteiger partial charge in [0.05, 0.1) is 12.2 Å². The molecular weight excluding hydrogens is 224 g/mol. The first-order valence-corrected chi connectivity index (χ1v) is 5.42. The van der Waals surface area contributed by atoms with Crippen molar-refractivity contribution >= 4 is 17.5 Å². The van der Waals surface area contributed by atoms with Crippen LogP contribution >= 0.6 is 0 Å². The van der Waals surface area contributed by atoms with Crippen LogP contribution in [0.25, 0.3) is 0 Å². The van der Waals surface area contributed by atoms with Crippen LogP contribution in [0.1, 0.15) is 19.3 Å². The standard InChI is InChI=1S/C10H14N4O3/c11-7-8(12-4-13-9(7)15)14-6-3-1-2-5(6)10(16)17/h4-6H,1-3,11H2,(H,16,17)(H2,12,13,14,15). The van der Waals surface area contributed by atoms with Crippen LogP contribution in [0.3, 0.4) is 0 Å². The number of anilines is 2. The number of hydrogen-bond donors (Lipinski definition) is 4. The Balaban J connectivity index is 2.18. The highest BCUT2D eigenvalue weighted by molar-refractivity contribution is 5.72. The van der Waals surface area contributed by atoms with Gasteiger partial charge in [-0.15, -0.1) is 0 Å². The van der Waals surface area contributed by atoms with Gasteiger partial charge in [-0.1, -0.05) is 6.42 Å². The molecule has 1 aliphatic rings. The van der Waals surface area contributed by atoms with Gasteiger partial charge in [0.2, 0.25) is 0 Å². The highest BCUT2D eigenvalue weighted by Gasteiger charge is 2.33. The molecule has 2 unspecified atom stereocenters. The van der Waals surface area contributed by atoms with Crippen molar-refractivity contribution < 1.29 is 9.90 Å². The third kappa shape index (κ3) is 2.22. The van der Waals surface area contributed by atoms with E-state index in [0.29, 0.717) is 6.42 Å². The Labute approximate surface area is 97.1 Å². The number of carboxylic acid groups (broad SMARTS) is 1. The van der Waals surface area contributed by atoms with Crippen molar-refractivity contribution in [3.8, 4) is 0 Å². The minimum absolute atomic E-state index is 0.0106. The van der Waals surface area contributed by atoms with Gasteiger partial charge in [-0.3, -0.25) is 9.59 Å². The second kappa shape index (κ2) is 4.44. The maximum Gasteiger partial charge on any atom is 0.308 e. The molecule has 7 heteroatoms. The zero-order valence-corrected chi connectivity index (χ0v) is 9.14. The minimum atomic E-state index is -0.830. The van der Waals surface area contributed by atoms with Crippen molar-refractivity contribution in [3.05, 3.63) is 16.7 Å². The number of aliphatic carboxylic acids is 1. The van der Waals surface area contributed by atoms with Crippen LogP contribution in [0.15, 0.2) is 11.1 Å². The zero-order chi connectivity index (χ0) is 12.4. The molecule has 7 nitrogen and oxygen atoms in total. The SMILES string of the molecule is Nc1c(NC2CCCC2C(=O)O)nc[nH]c1=O. The molecule has 92 valence electrons. The lowest BCUT2D eigenvalue weighted by Gasteiger charge is -2.18. The fourth-order valence-corrected chi connectivity index (χ4v) is 2.13. The molecule has 5 N–H and O–H groups in total. The number of carboxylic acids is 1. The minimum Gasteiger partial charge on any atom is -0.481 e. The van der Waals surface area contributed by atoms with Gasteiger partial charge < -0.3 is 21.1 Å². The lowest BCUT2D eigenvalue weighted by Crippen LogP contribution is -2.31. The molecule has 0 spiro atoms. The van der Waals surface area contributed by atoms with E-state index in [0.717, 1.165) is 12.8 Å². The number of aromatic amines is 1. The van der Waals surface area contributed by atoms with Gasteiger partial charge in [0.1, 0.15) is 5.69 Å². The van der Waals surface area contributed by atoms with Gasteiger partial charge in [-0.05, 0) is 12.8 Å². The topological polar surface area (TPSA) is 121 Å². The second-order valence-electron chi connectivity index (χ2n) is 4.12. The molecule has 0 saturated heterocycles. The van der Waals surface area contributed by atoms with Crippen LogP contribution < -0.4 is 16.6 Å². The van der Waals surface area contributed by atoms with E-state index in [4.69, 9.17) is 10.8 Å². The maximum atomic E-state index is 11.3. The highest BCUT2D eigenvalue weighted by Crippen LogP contribution is 2.28. The van der Waals surface area contributed by atoms with E-state index in [2.05, 4.69) is 15.3 Å². The lowest BCUT2D eigenvalue weighted by atomic mass is 10.0. The maximum absolute atomic E-state index is 11.3. The first-order valence-electron chi connectivity index (χ1n) is 5.42. The number of aromatic nitrogens is 2. The summed E-state index contributed by atoms with van der Waals surface area (Å²) in [7, 11) is 0. The molecule has 2 rings (SSSR count). The number of nitrogens with one attached hydrogen (secondary N) is 2. The number of H-pyrrole nitrogens is 1. The summed E-state index contributed by atoms with van der Waals surface area (Å²) < 4.78 is 0. The number of hydrogen-bond acceptors (Lipinski definition) is 5. The van der Waals surface area contributed by atoms with Gasteiger partial charge in [0.15, 0.2) is 5.82 Å². The first kappa shape index (κ1) is 11.4. The molecule has 0 amide bonds. The third-order valence-corrected chi connectivity index (χ3v) is 3.04. The number of nitrogen functional groups attached to an aromatic ring is 1. The van der Waals surface area contributed by atoms with Gasteiger partial charge in [0, 0.05) is 6.04 Å². The Kier molecular flexibility index (Phi) is 2.99. The molecule has 0 bridgehead atoms. The zero-order valence-electron chi connectivity index (χ0n) is 9.14. The molecule has 1 heterocycles. The predicted molar refractivity (Wildman–Crippen MR) is 61.7 cm³/mol. The third-order valence-electron chi connectivity index (χ3n) is 3.04. The smallest absolute Gasteiger partial charge is 0.308 e. The summed E-state index contributed by atoms with van der Waals surface area (Å²) in [6.45, 7) is 0. The van der Waals surface area contributed by atoms with Crippen molar-refractivity contribution in [1.82, 2.24) is 9.97 Å². The van der Waals surface area contributed by atoms with Crippen LogP contribution in [-0.2, 0) is 4.79 Å². The molecule has 0 radical (unpaired) electrons. The lowest BCUT2D eigenvalue weighted by molar-refractivity contribution is -0.141. The first-order chi connectivity index (χ1) is 8.09. The summed E-state index contributed by atoms with van der Waals surface area (Å²) in [6.07, 6.45) is 3.46. The Morgan fingerprint density at radius 1 is 1.59 bits per heavy atom. The molecule has 1 fully saturated rings. The van der Waals surface area contributed by atoms with E-state index < -0.39 is 17.4 Å². The summed E-state index contributed by atoms with van der Waals surface area (Å²) in [6, 6.07) is -0.218.